The molecule has 0 aliphatic carbocycles. The zero-order valence-corrected chi connectivity index (χ0v) is 13.5. The largest absolute Gasteiger partial charge is 0.484 e. The molecule has 2 heterocycles. The lowest BCUT2D eigenvalue weighted by atomic mass is 10.2. The van der Waals surface area contributed by atoms with Crippen LogP contribution in [0.5, 0.6) is 5.75 Å². The van der Waals surface area contributed by atoms with Crippen molar-refractivity contribution in [3.05, 3.63) is 54.2 Å². The molecule has 6 nitrogen and oxygen atoms in total. The van der Waals surface area contributed by atoms with Crippen LogP contribution in [0.1, 0.15) is 5.56 Å². The fraction of sp³-hybridized carbons (Fsp3) is 0.333. The topological polar surface area (TPSA) is 63.7 Å². The normalized spacial score (nSPS) is 14.2. The fourth-order valence-corrected chi connectivity index (χ4v) is 2.54. The second-order valence-corrected chi connectivity index (χ2v) is 5.46. The molecule has 1 aromatic carbocycles. The van der Waals surface area contributed by atoms with Crippen LogP contribution in [-0.2, 0) is 16.1 Å². The summed E-state index contributed by atoms with van der Waals surface area (Å²) in [6.07, 6.45) is 1.77. The highest BCUT2D eigenvalue weighted by Gasteiger charge is 2.16. The minimum Gasteiger partial charge on any atom is -0.484 e. The number of para-hydroxylation sites is 1. The Hall–Kier alpha value is -2.60. The predicted molar refractivity (Wildman–Crippen MR) is 91.1 cm³/mol. The van der Waals surface area contributed by atoms with Crippen LogP contribution in [0.4, 0.5) is 5.82 Å². The monoisotopic (exact) mass is 327 g/mol. The summed E-state index contributed by atoms with van der Waals surface area (Å²) in [6.45, 7) is 3.46. The first-order valence-corrected chi connectivity index (χ1v) is 8.04. The standard InChI is InChI=1S/C18H21N3O3/c22-17(14-24-16-6-2-1-3-7-16)20-13-15-5-4-8-19-18(15)21-9-11-23-12-10-21/h1-8H,9-14H2,(H,20,22). The molecule has 6 heteroatoms. The third-order valence-corrected chi connectivity index (χ3v) is 3.77. The lowest BCUT2D eigenvalue weighted by Gasteiger charge is -2.29. The molecule has 3 rings (SSSR count). The van der Waals surface area contributed by atoms with Crippen LogP contribution in [-0.4, -0.2) is 43.8 Å². The zero-order chi connectivity index (χ0) is 16.6. The van der Waals surface area contributed by atoms with E-state index in [1.165, 1.54) is 0 Å². The maximum absolute atomic E-state index is 12.0. The molecule has 1 aromatic heterocycles. The number of anilines is 1. The van der Waals surface area contributed by atoms with Gasteiger partial charge in [0.1, 0.15) is 11.6 Å². The van der Waals surface area contributed by atoms with Gasteiger partial charge >= 0.3 is 0 Å². The van der Waals surface area contributed by atoms with Crippen molar-refractivity contribution in [3.63, 3.8) is 0 Å². The summed E-state index contributed by atoms with van der Waals surface area (Å²) in [7, 11) is 0. The quantitative estimate of drug-likeness (QED) is 0.873. The van der Waals surface area contributed by atoms with Crippen molar-refractivity contribution in [1.29, 1.82) is 0 Å². The Morgan fingerprint density at radius 1 is 1.17 bits per heavy atom. The van der Waals surface area contributed by atoms with Crippen molar-refractivity contribution >= 4 is 11.7 Å². The number of hydrogen-bond acceptors (Lipinski definition) is 5. The number of pyridine rings is 1. The molecule has 24 heavy (non-hydrogen) atoms. The maximum atomic E-state index is 12.0. The number of ether oxygens (including phenoxy) is 2. The summed E-state index contributed by atoms with van der Waals surface area (Å²) >= 11 is 0. The molecular formula is C18H21N3O3. The number of rotatable bonds is 6. The number of carbonyl (C=O) groups excluding carboxylic acids is 1. The molecular weight excluding hydrogens is 306 g/mol. The first-order valence-electron chi connectivity index (χ1n) is 8.04. The van der Waals surface area contributed by atoms with Gasteiger partial charge in [-0.25, -0.2) is 4.98 Å². The van der Waals surface area contributed by atoms with E-state index in [0.717, 1.165) is 24.5 Å². The van der Waals surface area contributed by atoms with Gasteiger partial charge in [0.2, 0.25) is 0 Å². The van der Waals surface area contributed by atoms with Crippen LogP contribution in [0.25, 0.3) is 0 Å². The molecule has 1 aliphatic rings. The molecule has 0 saturated carbocycles. The van der Waals surface area contributed by atoms with E-state index >= 15 is 0 Å². The highest BCUT2D eigenvalue weighted by atomic mass is 16.5. The number of nitrogens with zero attached hydrogens (tertiary/aromatic N) is 2. The molecule has 126 valence electrons. The Labute approximate surface area is 141 Å². The van der Waals surface area contributed by atoms with Gasteiger partial charge in [-0.1, -0.05) is 24.3 Å². The molecule has 1 saturated heterocycles. The van der Waals surface area contributed by atoms with Gasteiger partial charge in [-0.05, 0) is 18.2 Å². The van der Waals surface area contributed by atoms with Gasteiger partial charge in [0.05, 0.1) is 13.2 Å². The van der Waals surface area contributed by atoms with E-state index in [2.05, 4.69) is 15.2 Å². The lowest BCUT2D eigenvalue weighted by molar-refractivity contribution is -0.123. The van der Waals surface area contributed by atoms with Crippen LogP contribution in [0.3, 0.4) is 0 Å². The number of aromatic nitrogens is 1. The second kappa shape index (κ2) is 8.31. The molecule has 0 radical (unpaired) electrons. The van der Waals surface area contributed by atoms with E-state index in [1.54, 1.807) is 6.20 Å². The molecule has 0 spiro atoms. The molecule has 0 unspecified atom stereocenters. The second-order valence-electron chi connectivity index (χ2n) is 5.46. The number of nitrogens with one attached hydrogen (secondary N) is 1. The third-order valence-electron chi connectivity index (χ3n) is 3.77. The van der Waals surface area contributed by atoms with Gasteiger partial charge in [0, 0.05) is 31.4 Å². The Morgan fingerprint density at radius 3 is 2.75 bits per heavy atom. The van der Waals surface area contributed by atoms with Crippen LogP contribution in [0, 0.1) is 0 Å². The number of benzene rings is 1. The summed E-state index contributed by atoms with van der Waals surface area (Å²) in [5.41, 5.74) is 0.993. The molecule has 0 atom stereocenters. The number of amides is 1. The van der Waals surface area contributed by atoms with Gasteiger partial charge in [0.25, 0.3) is 5.91 Å². The Morgan fingerprint density at radius 2 is 1.96 bits per heavy atom. The number of carbonyl (C=O) groups is 1. The minimum absolute atomic E-state index is 0.00281. The van der Waals surface area contributed by atoms with Gasteiger partial charge in [-0.3, -0.25) is 4.79 Å². The predicted octanol–water partition coefficient (Wildman–Crippen LogP) is 1.61. The van der Waals surface area contributed by atoms with Crippen molar-refractivity contribution in [2.75, 3.05) is 37.8 Å². The van der Waals surface area contributed by atoms with Crippen LogP contribution < -0.4 is 15.0 Å². The molecule has 1 N–H and O–H groups in total. The minimum atomic E-state index is -0.157. The highest BCUT2D eigenvalue weighted by molar-refractivity contribution is 5.77. The molecule has 1 fully saturated rings. The summed E-state index contributed by atoms with van der Waals surface area (Å²) in [5.74, 6) is 1.43. The van der Waals surface area contributed by atoms with E-state index in [0.29, 0.717) is 25.5 Å². The van der Waals surface area contributed by atoms with Crippen LogP contribution in [0.15, 0.2) is 48.7 Å². The smallest absolute Gasteiger partial charge is 0.258 e. The Balaban J connectivity index is 1.53. The van der Waals surface area contributed by atoms with Crippen molar-refractivity contribution in [2.24, 2.45) is 0 Å². The fourth-order valence-electron chi connectivity index (χ4n) is 2.54. The summed E-state index contributed by atoms with van der Waals surface area (Å²) in [5, 5.41) is 2.89. The van der Waals surface area contributed by atoms with Crippen LogP contribution >= 0.6 is 0 Å². The van der Waals surface area contributed by atoms with E-state index in [9.17, 15) is 4.79 Å². The van der Waals surface area contributed by atoms with Crippen LogP contribution in [0.2, 0.25) is 0 Å². The third kappa shape index (κ3) is 4.45. The van der Waals surface area contributed by atoms with Gasteiger partial charge < -0.3 is 19.7 Å². The van der Waals surface area contributed by atoms with Gasteiger partial charge in [-0.2, -0.15) is 0 Å². The zero-order valence-electron chi connectivity index (χ0n) is 13.5. The van der Waals surface area contributed by atoms with Crippen molar-refractivity contribution in [1.82, 2.24) is 10.3 Å². The average molecular weight is 327 g/mol. The summed E-state index contributed by atoms with van der Waals surface area (Å²) < 4.78 is 10.8. The number of morpholine rings is 1. The van der Waals surface area contributed by atoms with E-state index in [-0.39, 0.29) is 12.5 Å². The Kier molecular flexibility index (Phi) is 5.63. The molecule has 0 bridgehead atoms. The number of hydrogen-bond donors (Lipinski definition) is 1. The Bertz CT molecular complexity index is 658. The van der Waals surface area contributed by atoms with Crippen molar-refractivity contribution < 1.29 is 14.3 Å². The molecule has 2 aromatic rings. The summed E-state index contributed by atoms with van der Waals surface area (Å²) in [4.78, 5) is 18.6. The lowest BCUT2D eigenvalue weighted by Crippen LogP contribution is -2.38. The van der Waals surface area contributed by atoms with Gasteiger partial charge in [-0.15, -0.1) is 0 Å². The summed E-state index contributed by atoms with van der Waals surface area (Å²) in [6, 6.07) is 13.2. The first kappa shape index (κ1) is 16.3. The van der Waals surface area contributed by atoms with E-state index in [1.807, 2.05) is 42.5 Å². The van der Waals surface area contributed by atoms with Crippen molar-refractivity contribution in [2.45, 2.75) is 6.54 Å². The highest BCUT2D eigenvalue weighted by Crippen LogP contribution is 2.18. The maximum Gasteiger partial charge on any atom is 0.258 e. The van der Waals surface area contributed by atoms with E-state index < -0.39 is 0 Å². The molecule has 1 aliphatic heterocycles. The first-order chi connectivity index (χ1) is 11.8. The average Bonchev–Trinajstić information content (AvgIpc) is 2.66. The molecule has 1 amide bonds. The SMILES string of the molecule is O=C(COc1ccccc1)NCc1cccnc1N1CCOCC1. The van der Waals surface area contributed by atoms with E-state index in [4.69, 9.17) is 9.47 Å². The van der Waals surface area contributed by atoms with Gasteiger partial charge in [0.15, 0.2) is 6.61 Å². The van der Waals surface area contributed by atoms with Crippen molar-refractivity contribution in [3.8, 4) is 5.75 Å².